The highest BCUT2D eigenvalue weighted by Crippen LogP contribution is 2.39. The second-order valence-corrected chi connectivity index (χ2v) is 7.15. The number of morpholine rings is 1. The van der Waals surface area contributed by atoms with Gasteiger partial charge in [-0.05, 0) is 32.8 Å². The van der Waals surface area contributed by atoms with Crippen molar-refractivity contribution in [1.29, 1.82) is 0 Å². The van der Waals surface area contributed by atoms with Crippen LogP contribution in [0.2, 0.25) is 0 Å². The number of ether oxygens (including phenoxy) is 1. The molecular weight excluding hydrogens is 352 g/mol. The molecular formula is C18H22N4O5. The van der Waals surface area contributed by atoms with E-state index in [1.165, 1.54) is 10.6 Å². The normalized spacial score (nSPS) is 22.8. The van der Waals surface area contributed by atoms with Crippen LogP contribution in [0, 0.1) is 6.92 Å². The van der Waals surface area contributed by atoms with E-state index in [2.05, 4.69) is 10.1 Å². The first-order valence-corrected chi connectivity index (χ1v) is 9.09. The summed E-state index contributed by atoms with van der Waals surface area (Å²) in [7, 11) is 0. The molecule has 4 rings (SSSR count). The molecule has 2 aliphatic rings. The zero-order chi connectivity index (χ0) is 19.1. The number of rotatable bonds is 4. The number of carbonyl (C=O) groups is 1. The van der Waals surface area contributed by atoms with Gasteiger partial charge >= 0.3 is 0 Å². The average molecular weight is 374 g/mol. The molecule has 2 atom stereocenters. The fourth-order valence-electron chi connectivity index (χ4n) is 3.45. The van der Waals surface area contributed by atoms with Crippen molar-refractivity contribution in [2.45, 2.75) is 51.3 Å². The highest BCUT2D eigenvalue weighted by Gasteiger charge is 2.39. The van der Waals surface area contributed by atoms with Gasteiger partial charge in [0.15, 0.2) is 5.82 Å². The molecule has 2 aromatic rings. The topological polar surface area (TPSA) is 111 Å². The first-order valence-electron chi connectivity index (χ1n) is 9.09. The maximum absolute atomic E-state index is 13.0. The molecule has 2 aromatic heterocycles. The third-order valence-electron chi connectivity index (χ3n) is 5.08. The van der Waals surface area contributed by atoms with E-state index in [0.29, 0.717) is 36.5 Å². The molecule has 1 amide bonds. The molecule has 2 fully saturated rings. The van der Waals surface area contributed by atoms with Crippen LogP contribution in [-0.4, -0.2) is 49.9 Å². The first kappa shape index (κ1) is 17.7. The van der Waals surface area contributed by atoms with Gasteiger partial charge in [0.25, 0.3) is 11.4 Å². The second-order valence-electron chi connectivity index (χ2n) is 7.15. The highest BCUT2D eigenvalue weighted by molar-refractivity contribution is 5.76. The van der Waals surface area contributed by atoms with Gasteiger partial charge in [0, 0.05) is 24.2 Å². The molecule has 27 heavy (non-hydrogen) atoms. The minimum absolute atomic E-state index is 0.113. The van der Waals surface area contributed by atoms with Crippen LogP contribution in [0.15, 0.2) is 21.5 Å². The fourth-order valence-corrected chi connectivity index (χ4v) is 3.45. The Kier molecular flexibility index (Phi) is 4.47. The smallest absolute Gasteiger partial charge is 0.254 e. The molecule has 144 valence electrons. The fraction of sp³-hybridized carbons (Fsp3) is 0.556. The average Bonchev–Trinajstić information content (AvgIpc) is 3.35. The second kappa shape index (κ2) is 6.80. The number of hydrogen-bond acceptors (Lipinski definition) is 7. The van der Waals surface area contributed by atoms with Crippen molar-refractivity contribution in [3.8, 4) is 5.75 Å². The number of aromatic nitrogens is 3. The Labute approximate surface area is 155 Å². The maximum atomic E-state index is 13.0. The van der Waals surface area contributed by atoms with Crippen molar-refractivity contribution in [1.82, 2.24) is 19.6 Å². The van der Waals surface area contributed by atoms with Gasteiger partial charge in [0.1, 0.15) is 18.3 Å². The molecule has 0 radical (unpaired) electrons. The molecule has 9 heteroatoms. The Morgan fingerprint density at radius 2 is 2.15 bits per heavy atom. The van der Waals surface area contributed by atoms with Crippen LogP contribution in [0.5, 0.6) is 5.75 Å². The van der Waals surface area contributed by atoms with Gasteiger partial charge in [-0.3, -0.25) is 9.59 Å². The van der Waals surface area contributed by atoms with E-state index in [-0.39, 0.29) is 24.3 Å². The lowest BCUT2D eigenvalue weighted by Crippen LogP contribution is -2.49. The monoisotopic (exact) mass is 374 g/mol. The minimum atomic E-state index is -0.487. The number of carbonyl (C=O) groups excluding carboxylic acids is 1. The number of amides is 1. The molecule has 0 bridgehead atoms. The van der Waals surface area contributed by atoms with Crippen LogP contribution in [-0.2, 0) is 16.1 Å². The maximum Gasteiger partial charge on any atom is 0.254 e. The van der Waals surface area contributed by atoms with Gasteiger partial charge in [-0.25, -0.2) is 0 Å². The summed E-state index contributed by atoms with van der Waals surface area (Å²) < 4.78 is 12.5. The third-order valence-corrected chi connectivity index (χ3v) is 5.08. The molecule has 0 unspecified atom stereocenters. The molecule has 1 N–H and O–H groups in total. The molecule has 1 saturated carbocycles. The molecule has 1 saturated heterocycles. The van der Waals surface area contributed by atoms with Gasteiger partial charge in [0.05, 0.1) is 12.7 Å². The molecule has 0 aromatic carbocycles. The zero-order valence-electron chi connectivity index (χ0n) is 15.3. The van der Waals surface area contributed by atoms with Crippen molar-refractivity contribution in [3.05, 3.63) is 39.9 Å². The van der Waals surface area contributed by atoms with Crippen LogP contribution in [0.1, 0.15) is 49.1 Å². The van der Waals surface area contributed by atoms with Gasteiger partial charge in [0.2, 0.25) is 5.91 Å². The summed E-state index contributed by atoms with van der Waals surface area (Å²) in [4.78, 5) is 31.3. The number of aryl methyl sites for hydroxylation is 1. The summed E-state index contributed by atoms with van der Waals surface area (Å²) in [5, 5.41) is 13.6. The Hall–Kier alpha value is -2.68. The third kappa shape index (κ3) is 3.46. The van der Waals surface area contributed by atoms with E-state index < -0.39 is 11.6 Å². The summed E-state index contributed by atoms with van der Waals surface area (Å²) >= 11 is 0. The summed E-state index contributed by atoms with van der Waals surface area (Å²) in [6.07, 6.45) is 1.82. The van der Waals surface area contributed by atoms with E-state index in [1.807, 2.05) is 6.92 Å². The Morgan fingerprint density at radius 3 is 2.85 bits per heavy atom. The summed E-state index contributed by atoms with van der Waals surface area (Å²) in [5.41, 5.74) is 0.0903. The van der Waals surface area contributed by atoms with Gasteiger partial charge in [-0.1, -0.05) is 5.16 Å². The molecule has 0 spiro atoms. The summed E-state index contributed by atoms with van der Waals surface area (Å²) in [5.74, 6) is 1.05. The Bertz CT molecular complexity index is 917. The molecule has 1 aliphatic carbocycles. The SMILES string of the molecule is Cc1cc(O)cc(=O)n1CC(=O)N1CCO[C@H](C)[C@H]1c1nc(C2CC2)no1. The predicted molar refractivity (Wildman–Crippen MR) is 93.2 cm³/mol. The van der Waals surface area contributed by atoms with Crippen molar-refractivity contribution < 1.29 is 19.2 Å². The van der Waals surface area contributed by atoms with Crippen LogP contribution >= 0.6 is 0 Å². The van der Waals surface area contributed by atoms with E-state index in [1.54, 1.807) is 11.8 Å². The lowest BCUT2D eigenvalue weighted by Gasteiger charge is -2.37. The van der Waals surface area contributed by atoms with Crippen LogP contribution in [0.3, 0.4) is 0 Å². The predicted octanol–water partition coefficient (Wildman–Crippen LogP) is 1.11. The lowest BCUT2D eigenvalue weighted by molar-refractivity contribution is -0.148. The molecule has 1 aliphatic heterocycles. The van der Waals surface area contributed by atoms with Crippen LogP contribution < -0.4 is 5.56 Å². The van der Waals surface area contributed by atoms with Gasteiger partial charge in [-0.15, -0.1) is 0 Å². The number of nitrogens with zero attached hydrogens (tertiary/aromatic N) is 4. The number of pyridine rings is 1. The van der Waals surface area contributed by atoms with E-state index in [4.69, 9.17) is 9.26 Å². The van der Waals surface area contributed by atoms with Crippen molar-refractivity contribution in [2.75, 3.05) is 13.2 Å². The molecule has 9 nitrogen and oxygen atoms in total. The Balaban J connectivity index is 1.59. The van der Waals surface area contributed by atoms with Crippen molar-refractivity contribution in [2.24, 2.45) is 0 Å². The summed E-state index contributed by atoms with van der Waals surface area (Å²) in [6.45, 7) is 4.19. The Morgan fingerprint density at radius 1 is 1.37 bits per heavy atom. The highest BCUT2D eigenvalue weighted by atomic mass is 16.5. The standard InChI is InChI=1S/C18H22N4O5/c1-10-7-13(23)8-14(24)22(10)9-15(25)21-5-6-26-11(2)16(21)18-19-17(20-27-18)12-3-4-12/h7-8,11-12,16,23H,3-6,9H2,1-2H3/t11-,16+/m1/s1. The largest absolute Gasteiger partial charge is 0.508 e. The molecule has 3 heterocycles. The van der Waals surface area contributed by atoms with E-state index in [9.17, 15) is 14.7 Å². The quantitative estimate of drug-likeness (QED) is 0.853. The van der Waals surface area contributed by atoms with E-state index in [0.717, 1.165) is 18.9 Å². The van der Waals surface area contributed by atoms with Crippen LogP contribution in [0.4, 0.5) is 0 Å². The van der Waals surface area contributed by atoms with Gasteiger partial charge < -0.3 is 23.8 Å². The van der Waals surface area contributed by atoms with Crippen molar-refractivity contribution in [3.63, 3.8) is 0 Å². The number of hydrogen-bond donors (Lipinski definition) is 1. The lowest BCUT2D eigenvalue weighted by atomic mass is 10.1. The number of aromatic hydroxyl groups is 1. The van der Waals surface area contributed by atoms with Crippen molar-refractivity contribution >= 4 is 5.91 Å². The minimum Gasteiger partial charge on any atom is -0.508 e. The zero-order valence-corrected chi connectivity index (χ0v) is 15.3. The summed E-state index contributed by atoms with van der Waals surface area (Å²) in [6, 6.07) is 2.06. The van der Waals surface area contributed by atoms with Gasteiger partial charge in [-0.2, -0.15) is 4.98 Å². The van der Waals surface area contributed by atoms with Crippen LogP contribution in [0.25, 0.3) is 0 Å². The first-order chi connectivity index (χ1) is 12.9. The van der Waals surface area contributed by atoms with E-state index >= 15 is 0 Å².